The normalized spacial score (nSPS) is 10.9. The van der Waals surface area contributed by atoms with Crippen molar-refractivity contribution in [1.29, 1.82) is 0 Å². The molecule has 0 saturated carbocycles. The van der Waals surface area contributed by atoms with Gasteiger partial charge in [0.1, 0.15) is 11.6 Å². The van der Waals surface area contributed by atoms with Crippen LogP contribution in [0.1, 0.15) is 0 Å². The molecule has 84 valence electrons. The van der Waals surface area contributed by atoms with Gasteiger partial charge in [0.15, 0.2) is 0 Å². The standard InChI is InChI=1S/C14H9F2N/c15-10-4-1-3-9(7-10)14-8-11-12(16)5-2-6-13(11)17-14/h1-8,17H. The van der Waals surface area contributed by atoms with Gasteiger partial charge in [0.05, 0.1) is 0 Å². The molecule has 3 heteroatoms. The van der Waals surface area contributed by atoms with Crippen molar-refractivity contribution in [2.75, 3.05) is 0 Å². The number of nitrogens with one attached hydrogen (secondary N) is 1. The van der Waals surface area contributed by atoms with Crippen LogP contribution >= 0.6 is 0 Å². The first kappa shape index (κ1) is 10.0. The maximum absolute atomic E-state index is 13.5. The van der Waals surface area contributed by atoms with Crippen LogP contribution in [-0.4, -0.2) is 4.98 Å². The van der Waals surface area contributed by atoms with E-state index in [2.05, 4.69) is 4.98 Å². The Morgan fingerprint density at radius 3 is 2.47 bits per heavy atom. The van der Waals surface area contributed by atoms with Crippen LogP contribution in [0.3, 0.4) is 0 Å². The summed E-state index contributed by atoms with van der Waals surface area (Å²) in [6.07, 6.45) is 0. The first-order chi connectivity index (χ1) is 8.24. The molecule has 1 heterocycles. The number of hydrogen-bond donors (Lipinski definition) is 1. The van der Waals surface area contributed by atoms with Crippen LogP contribution in [0.15, 0.2) is 48.5 Å². The molecule has 2 aromatic carbocycles. The molecule has 0 fully saturated rings. The molecule has 0 bridgehead atoms. The Bertz CT molecular complexity index is 686. The molecular formula is C14H9F2N. The molecule has 1 N–H and O–H groups in total. The number of aromatic amines is 1. The van der Waals surface area contributed by atoms with Gasteiger partial charge in [-0.15, -0.1) is 0 Å². The number of rotatable bonds is 1. The summed E-state index contributed by atoms with van der Waals surface area (Å²) >= 11 is 0. The van der Waals surface area contributed by atoms with E-state index >= 15 is 0 Å². The van der Waals surface area contributed by atoms with Gasteiger partial charge in [-0.3, -0.25) is 0 Å². The molecule has 3 rings (SSSR count). The molecule has 0 unspecified atom stereocenters. The smallest absolute Gasteiger partial charge is 0.132 e. The third-order valence-corrected chi connectivity index (χ3v) is 2.75. The molecule has 0 aliphatic rings. The van der Waals surface area contributed by atoms with Crippen molar-refractivity contribution in [3.8, 4) is 11.3 Å². The van der Waals surface area contributed by atoms with Crippen LogP contribution in [0.4, 0.5) is 8.78 Å². The van der Waals surface area contributed by atoms with Gasteiger partial charge >= 0.3 is 0 Å². The third kappa shape index (κ3) is 1.69. The summed E-state index contributed by atoms with van der Waals surface area (Å²) in [4.78, 5) is 3.07. The number of halogens is 2. The zero-order valence-corrected chi connectivity index (χ0v) is 8.87. The minimum atomic E-state index is -0.304. The third-order valence-electron chi connectivity index (χ3n) is 2.75. The summed E-state index contributed by atoms with van der Waals surface area (Å²) in [5, 5.41) is 0.520. The summed E-state index contributed by atoms with van der Waals surface area (Å²) in [7, 11) is 0. The molecule has 0 amide bonds. The maximum Gasteiger partial charge on any atom is 0.132 e. The van der Waals surface area contributed by atoms with Gasteiger partial charge in [0.25, 0.3) is 0 Å². The molecular weight excluding hydrogens is 220 g/mol. The second-order valence-electron chi connectivity index (χ2n) is 3.89. The van der Waals surface area contributed by atoms with E-state index in [1.54, 1.807) is 30.3 Å². The Morgan fingerprint density at radius 1 is 0.882 bits per heavy atom. The van der Waals surface area contributed by atoms with E-state index < -0.39 is 0 Å². The maximum atomic E-state index is 13.5. The number of fused-ring (bicyclic) bond motifs is 1. The van der Waals surface area contributed by atoms with Crippen molar-refractivity contribution in [2.24, 2.45) is 0 Å². The minimum Gasteiger partial charge on any atom is -0.354 e. The van der Waals surface area contributed by atoms with E-state index in [0.29, 0.717) is 22.2 Å². The van der Waals surface area contributed by atoms with Gasteiger partial charge in [-0.1, -0.05) is 18.2 Å². The fraction of sp³-hybridized carbons (Fsp3) is 0. The van der Waals surface area contributed by atoms with Gasteiger partial charge in [-0.05, 0) is 30.3 Å². The average molecular weight is 229 g/mol. The van der Waals surface area contributed by atoms with E-state index in [1.807, 2.05) is 0 Å². The van der Waals surface area contributed by atoms with Crippen molar-refractivity contribution in [3.63, 3.8) is 0 Å². The van der Waals surface area contributed by atoms with Crippen molar-refractivity contribution >= 4 is 10.9 Å². The van der Waals surface area contributed by atoms with Gasteiger partial charge in [-0.2, -0.15) is 0 Å². The molecule has 1 nitrogen and oxygen atoms in total. The van der Waals surface area contributed by atoms with Crippen LogP contribution in [0, 0.1) is 11.6 Å². The van der Waals surface area contributed by atoms with E-state index in [-0.39, 0.29) is 11.6 Å². The number of benzene rings is 2. The lowest BCUT2D eigenvalue weighted by Gasteiger charge is -1.96. The molecule has 0 aliphatic heterocycles. The van der Waals surface area contributed by atoms with Gasteiger partial charge in [0.2, 0.25) is 0 Å². The highest BCUT2D eigenvalue weighted by molar-refractivity contribution is 5.86. The van der Waals surface area contributed by atoms with Gasteiger partial charge in [-0.25, -0.2) is 8.78 Å². The van der Waals surface area contributed by atoms with Crippen molar-refractivity contribution in [2.45, 2.75) is 0 Å². The number of hydrogen-bond acceptors (Lipinski definition) is 0. The van der Waals surface area contributed by atoms with Crippen molar-refractivity contribution in [1.82, 2.24) is 4.98 Å². The van der Waals surface area contributed by atoms with E-state index in [9.17, 15) is 8.78 Å². The van der Waals surface area contributed by atoms with Crippen LogP contribution in [0.2, 0.25) is 0 Å². The minimum absolute atomic E-state index is 0.276. The average Bonchev–Trinajstić information content (AvgIpc) is 2.74. The molecule has 17 heavy (non-hydrogen) atoms. The fourth-order valence-corrected chi connectivity index (χ4v) is 1.93. The lowest BCUT2D eigenvalue weighted by atomic mass is 10.1. The Hall–Kier alpha value is -2.16. The van der Waals surface area contributed by atoms with E-state index in [4.69, 9.17) is 0 Å². The topological polar surface area (TPSA) is 15.8 Å². The Labute approximate surface area is 96.7 Å². The molecule has 0 atom stereocenters. The predicted octanol–water partition coefficient (Wildman–Crippen LogP) is 4.11. The van der Waals surface area contributed by atoms with Crippen LogP contribution in [-0.2, 0) is 0 Å². The second kappa shape index (κ2) is 3.70. The monoisotopic (exact) mass is 229 g/mol. The summed E-state index contributed by atoms with van der Waals surface area (Å²) in [6, 6.07) is 12.8. The summed E-state index contributed by atoms with van der Waals surface area (Å²) in [6.45, 7) is 0. The van der Waals surface area contributed by atoms with E-state index in [0.717, 1.165) is 0 Å². The van der Waals surface area contributed by atoms with Crippen molar-refractivity contribution < 1.29 is 8.78 Å². The zero-order chi connectivity index (χ0) is 11.8. The van der Waals surface area contributed by atoms with Crippen molar-refractivity contribution in [3.05, 3.63) is 60.2 Å². The molecule has 1 aromatic heterocycles. The highest BCUT2D eigenvalue weighted by atomic mass is 19.1. The number of H-pyrrole nitrogens is 1. The molecule has 0 spiro atoms. The predicted molar refractivity (Wildman–Crippen MR) is 63.7 cm³/mol. The largest absolute Gasteiger partial charge is 0.354 e. The van der Waals surface area contributed by atoms with Crippen LogP contribution in [0.5, 0.6) is 0 Å². The Kier molecular flexibility index (Phi) is 2.18. The van der Waals surface area contributed by atoms with Gasteiger partial charge in [0, 0.05) is 22.2 Å². The molecule has 0 aliphatic carbocycles. The quantitative estimate of drug-likeness (QED) is 0.646. The summed E-state index contributed by atoms with van der Waals surface area (Å²) in [5.41, 5.74) is 2.13. The number of aromatic nitrogens is 1. The highest BCUT2D eigenvalue weighted by Gasteiger charge is 2.06. The zero-order valence-electron chi connectivity index (χ0n) is 8.87. The Balaban J connectivity index is 2.22. The van der Waals surface area contributed by atoms with E-state index in [1.165, 1.54) is 18.2 Å². The Morgan fingerprint density at radius 2 is 1.71 bits per heavy atom. The summed E-state index contributed by atoms with van der Waals surface area (Å²) in [5.74, 6) is -0.581. The van der Waals surface area contributed by atoms with Gasteiger partial charge < -0.3 is 4.98 Å². The highest BCUT2D eigenvalue weighted by Crippen LogP contribution is 2.26. The lowest BCUT2D eigenvalue weighted by molar-refractivity contribution is 0.628. The first-order valence-electron chi connectivity index (χ1n) is 5.27. The second-order valence-corrected chi connectivity index (χ2v) is 3.89. The molecule has 0 radical (unpaired) electrons. The first-order valence-corrected chi connectivity index (χ1v) is 5.27. The molecule has 3 aromatic rings. The lowest BCUT2D eigenvalue weighted by Crippen LogP contribution is -1.78. The van der Waals surface area contributed by atoms with Crippen LogP contribution in [0.25, 0.3) is 22.2 Å². The SMILES string of the molecule is Fc1cccc(-c2cc3c(F)cccc3[nH]2)c1. The summed E-state index contributed by atoms with van der Waals surface area (Å²) < 4.78 is 26.6. The van der Waals surface area contributed by atoms with Crippen LogP contribution < -0.4 is 0 Å². The molecule has 0 saturated heterocycles. The fourth-order valence-electron chi connectivity index (χ4n) is 1.93.